The molecule has 1 aliphatic carbocycles. The van der Waals surface area contributed by atoms with Crippen molar-refractivity contribution in [1.29, 1.82) is 0 Å². The molecular formula is C34H39NO4. The van der Waals surface area contributed by atoms with Crippen LogP contribution in [0.4, 0.5) is 4.79 Å². The van der Waals surface area contributed by atoms with E-state index in [1.165, 1.54) is 53.5 Å². The second-order valence-electron chi connectivity index (χ2n) is 11.5. The Hall–Kier alpha value is -3.15. The monoisotopic (exact) mass is 525 g/mol. The number of fused-ring (bicyclic) bond motifs is 5. The molecule has 6 rings (SSSR count). The number of nitrogens with zero attached hydrogens (tertiary/aromatic N) is 1. The van der Waals surface area contributed by atoms with Crippen LogP contribution in [0, 0.1) is 0 Å². The van der Waals surface area contributed by atoms with Crippen molar-refractivity contribution in [3.8, 4) is 11.1 Å². The van der Waals surface area contributed by atoms with Gasteiger partial charge in [0.15, 0.2) is 0 Å². The maximum atomic E-state index is 13.5. The van der Waals surface area contributed by atoms with Crippen molar-refractivity contribution < 1.29 is 19.4 Å². The predicted octanol–water partition coefficient (Wildman–Crippen LogP) is 6.81. The number of rotatable bonds is 8. The molecule has 1 amide bonds. The van der Waals surface area contributed by atoms with Crippen LogP contribution in [0.1, 0.15) is 73.6 Å². The Kier molecular flexibility index (Phi) is 7.46. The fourth-order valence-electron chi connectivity index (χ4n) is 6.92. The summed E-state index contributed by atoms with van der Waals surface area (Å²) in [5.74, 6) is 0.0275. The lowest BCUT2D eigenvalue weighted by atomic mass is 9.77. The van der Waals surface area contributed by atoms with Crippen LogP contribution in [0.3, 0.4) is 0 Å². The van der Waals surface area contributed by atoms with Gasteiger partial charge in [-0.05, 0) is 46.2 Å². The molecule has 2 heterocycles. The van der Waals surface area contributed by atoms with Crippen molar-refractivity contribution in [2.45, 2.75) is 75.5 Å². The number of aliphatic hydroxyl groups is 1. The first-order valence-corrected chi connectivity index (χ1v) is 14.6. The highest BCUT2D eigenvalue weighted by Crippen LogP contribution is 2.45. The molecule has 5 heteroatoms. The Morgan fingerprint density at radius 3 is 2.13 bits per heavy atom. The van der Waals surface area contributed by atoms with Gasteiger partial charge in [0.25, 0.3) is 0 Å². The molecule has 0 radical (unpaired) electrons. The molecule has 2 aliphatic heterocycles. The van der Waals surface area contributed by atoms with Gasteiger partial charge in [-0.3, -0.25) is 4.90 Å². The van der Waals surface area contributed by atoms with Gasteiger partial charge in [0.2, 0.25) is 0 Å². The van der Waals surface area contributed by atoms with E-state index in [0.717, 1.165) is 12.0 Å². The molecule has 39 heavy (non-hydrogen) atoms. The van der Waals surface area contributed by atoms with Crippen LogP contribution in [0.5, 0.6) is 0 Å². The number of hydrogen-bond donors (Lipinski definition) is 1. The predicted molar refractivity (Wildman–Crippen MR) is 153 cm³/mol. The van der Waals surface area contributed by atoms with E-state index in [9.17, 15) is 9.90 Å². The molecule has 3 aromatic rings. The topological polar surface area (TPSA) is 59.0 Å². The Morgan fingerprint density at radius 2 is 1.51 bits per heavy atom. The lowest BCUT2D eigenvalue weighted by Crippen LogP contribution is -2.62. The lowest BCUT2D eigenvalue weighted by molar-refractivity contribution is -0.136. The highest BCUT2D eigenvalue weighted by molar-refractivity contribution is 5.79. The number of aryl methyl sites for hydroxylation is 1. The van der Waals surface area contributed by atoms with Crippen molar-refractivity contribution in [3.05, 3.63) is 95.1 Å². The Bertz CT molecular complexity index is 1240. The number of ether oxygens (including phenoxy) is 2. The minimum absolute atomic E-state index is 0.0275. The quantitative estimate of drug-likeness (QED) is 0.328. The zero-order valence-electron chi connectivity index (χ0n) is 22.9. The summed E-state index contributed by atoms with van der Waals surface area (Å²) in [4.78, 5) is 15.3. The molecule has 0 aromatic heterocycles. The van der Waals surface area contributed by atoms with Crippen LogP contribution >= 0.6 is 0 Å². The van der Waals surface area contributed by atoms with E-state index in [-0.39, 0.29) is 24.1 Å². The van der Waals surface area contributed by atoms with E-state index in [1.54, 1.807) is 0 Å². The van der Waals surface area contributed by atoms with Crippen LogP contribution in [0.15, 0.2) is 72.8 Å². The fourth-order valence-corrected chi connectivity index (χ4v) is 6.92. The van der Waals surface area contributed by atoms with Gasteiger partial charge in [-0.15, -0.1) is 0 Å². The Morgan fingerprint density at radius 1 is 0.897 bits per heavy atom. The third-order valence-corrected chi connectivity index (χ3v) is 8.91. The molecule has 0 spiro atoms. The molecule has 2 fully saturated rings. The summed E-state index contributed by atoms with van der Waals surface area (Å²) in [5.41, 5.74) is 6.12. The van der Waals surface area contributed by atoms with Gasteiger partial charge in [0, 0.05) is 18.8 Å². The van der Waals surface area contributed by atoms with Gasteiger partial charge in [-0.2, -0.15) is 0 Å². The summed E-state index contributed by atoms with van der Waals surface area (Å²) in [6, 6.07) is 24.8. The maximum Gasteiger partial charge on any atom is 0.410 e. The molecule has 0 saturated carbocycles. The summed E-state index contributed by atoms with van der Waals surface area (Å²) in [6.07, 6.45) is 6.65. The van der Waals surface area contributed by atoms with E-state index in [1.807, 2.05) is 17.0 Å². The SMILES string of the molecule is CCCCCCc1ccc(C2(O)CC3COCC(C2)N3C(=O)OCC2c3ccccc3-c3ccccc32)cc1. The molecular weight excluding hydrogens is 486 g/mol. The number of amides is 1. The second kappa shape index (κ2) is 11.1. The Labute approximate surface area is 231 Å². The van der Waals surface area contributed by atoms with E-state index >= 15 is 0 Å². The first-order chi connectivity index (χ1) is 19.1. The zero-order valence-corrected chi connectivity index (χ0v) is 22.9. The highest BCUT2D eigenvalue weighted by Gasteiger charge is 2.49. The summed E-state index contributed by atoms with van der Waals surface area (Å²) in [7, 11) is 0. The normalized spacial score (nSPS) is 23.8. The van der Waals surface area contributed by atoms with Crippen molar-refractivity contribution in [3.63, 3.8) is 0 Å². The van der Waals surface area contributed by atoms with Crippen molar-refractivity contribution in [2.75, 3.05) is 19.8 Å². The summed E-state index contributed by atoms with van der Waals surface area (Å²) in [5, 5.41) is 11.8. The molecule has 204 valence electrons. The maximum absolute atomic E-state index is 13.5. The Balaban J connectivity index is 1.12. The van der Waals surface area contributed by atoms with Crippen LogP contribution in [-0.2, 0) is 21.5 Å². The molecule has 5 nitrogen and oxygen atoms in total. The van der Waals surface area contributed by atoms with Gasteiger partial charge in [-0.1, -0.05) is 99.0 Å². The van der Waals surface area contributed by atoms with Crippen LogP contribution < -0.4 is 0 Å². The van der Waals surface area contributed by atoms with Crippen LogP contribution in [0.2, 0.25) is 0 Å². The number of carbonyl (C=O) groups excluding carboxylic acids is 1. The number of hydrogen-bond acceptors (Lipinski definition) is 4. The van der Waals surface area contributed by atoms with Crippen molar-refractivity contribution in [2.24, 2.45) is 0 Å². The van der Waals surface area contributed by atoms with Crippen LogP contribution in [-0.4, -0.2) is 48.0 Å². The smallest absolute Gasteiger partial charge is 0.410 e. The zero-order chi connectivity index (χ0) is 26.8. The van der Waals surface area contributed by atoms with Gasteiger partial charge in [-0.25, -0.2) is 4.79 Å². The average Bonchev–Trinajstić information content (AvgIpc) is 3.27. The number of piperidine rings is 1. The molecule has 1 N–H and O–H groups in total. The third-order valence-electron chi connectivity index (χ3n) is 8.91. The standard InChI is InChI=1S/C34H39NO4/c1-2-3-4-5-10-24-15-17-25(18-16-24)34(37)19-26-21-38-22-27(20-34)35(26)33(36)39-23-32-30-13-8-6-11-28(30)29-12-7-9-14-31(29)32/h6-9,11-18,26-27,32,37H,2-5,10,19-23H2,1H3. The number of benzene rings is 3. The number of carbonyl (C=O) groups is 1. The number of morpholine rings is 1. The molecule has 2 saturated heterocycles. The largest absolute Gasteiger partial charge is 0.448 e. The fraction of sp³-hybridized carbons (Fsp3) is 0.441. The van der Waals surface area contributed by atoms with E-state index in [4.69, 9.17) is 9.47 Å². The molecule has 2 atom stereocenters. The minimum Gasteiger partial charge on any atom is -0.448 e. The second-order valence-corrected chi connectivity index (χ2v) is 11.5. The molecule has 3 aliphatic rings. The summed E-state index contributed by atoms with van der Waals surface area (Å²) >= 11 is 0. The first-order valence-electron chi connectivity index (χ1n) is 14.6. The van der Waals surface area contributed by atoms with Gasteiger partial charge >= 0.3 is 6.09 Å². The van der Waals surface area contributed by atoms with E-state index in [2.05, 4.69) is 67.6 Å². The average molecular weight is 526 g/mol. The van der Waals surface area contributed by atoms with E-state index < -0.39 is 5.60 Å². The lowest BCUT2D eigenvalue weighted by Gasteiger charge is -2.51. The first kappa shape index (κ1) is 26.1. The third kappa shape index (κ3) is 5.10. The summed E-state index contributed by atoms with van der Waals surface area (Å²) < 4.78 is 11.8. The molecule has 3 aromatic carbocycles. The van der Waals surface area contributed by atoms with Crippen molar-refractivity contribution >= 4 is 6.09 Å². The molecule has 2 bridgehead atoms. The number of unbranched alkanes of at least 4 members (excludes halogenated alkanes) is 3. The highest BCUT2D eigenvalue weighted by atomic mass is 16.6. The van der Waals surface area contributed by atoms with E-state index in [0.29, 0.717) is 32.7 Å². The van der Waals surface area contributed by atoms with Crippen molar-refractivity contribution in [1.82, 2.24) is 4.90 Å². The van der Waals surface area contributed by atoms with Gasteiger partial charge in [0.1, 0.15) is 6.61 Å². The minimum atomic E-state index is -0.972. The van der Waals surface area contributed by atoms with Gasteiger partial charge < -0.3 is 14.6 Å². The van der Waals surface area contributed by atoms with Crippen LogP contribution in [0.25, 0.3) is 11.1 Å². The molecule has 2 unspecified atom stereocenters. The van der Waals surface area contributed by atoms with Gasteiger partial charge in [0.05, 0.1) is 30.9 Å². The summed E-state index contributed by atoms with van der Waals surface area (Å²) in [6.45, 7) is 3.36.